The lowest BCUT2D eigenvalue weighted by molar-refractivity contribution is 0.816. The summed E-state index contributed by atoms with van der Waals surface area (Å²) < 4.78 is 2.19. The number of hydrogen-bond acceptors (Lipinski definition) is 3. The Labute approximate surface area is 130 Å². The van der Waals surface area contributed by atoms with E-state index in [0.29, 0.717) is 5.56 Å². The highest BCUT2D eigenvalue weighted by molar-refractivity contribution is 5.78. The van der Waals surface area contributed by atoms with Crippen molar-refractivity contribution in [2.45, 2.75) is 19.9 Å². The average molecular weight is 290 g/mol. The van der Waals surface area contributed by atoms with Crippen LogP contribution in [0.2, 0.25) is 0 Å². The molecule has 4 heteroatoms. The molecule has 4 nitrogen and oxygen atoms in total. The fourth-order valence-electron chi connectivity index (χ4n) is 2.47. The molecular weight excluding hydrogens is 272 g/mol. The van der Waals surface area contributed by atoms with E-state index >= 15 is 0 Å². The molecule has 0 aliphatic rings. The molecule has 0 amide bonds. The van der Waals surface area contributed by atoms with E-state index in [-0.39, 0.29) is 0 Å². The predicted molar refractivity (Wildman–Crippen MR) is 88.8 cm³/mol. The fourth-order valence-corrected chi connectivity index (χ4v) is 2.47. The number of imidazole rings is 1. The molecule has 0 aliphatic heterocycles. The SMILES string of the molecule is CCCNc1nc2ccccc2n1Cc1ccc(C#N)cc1. The Morgan fingerprint density at radius 2 is 1.91 bits per heavy atom. The molecule has 2 aromatic carbocycles. The van der Waals surface area contributed by atoms with E-state index in [4.69, 9.17) is 5.26 Å². The first kappa shape index (κ1) is 14.2. The largest absolute Gasteiger partial charge is 0.356 e. The minimum absolute atomic E-state index is 0.684. The summed E-state index contributed by atoms with van der Waals surface area (Å²) in [5.41, 5.74) is 3.95. The molecule has 3 rings (SSSR count). The van der Waals surface area contributed by atoms with E-state index in [9.17, 15) is 0 Å². The maximum atomic E-state index is 8.89. The first-order valence-electron chi connectivity index (χ1n) is 7.50. The van der Waals surface area contributed by atoms with E-state index in [1.165, 1.54) is 0 Å². The zero-order valence-electron chi connectivity index (χ0n) is 12.6. The maximum absolute atomic E-state index is 8.89. The van der Waals surface area contributed by atoms with Crippen LogP contribution in [-0.4, -0.2) is 16.1 Å². The van der Waals surface area contributed by atoms with Crippen LogP contribution in [0.3, 0.4) is 0 Å². The van der Waals surface area contributed by atoms with E-state index in [2.05, 4.69) is 33.9 Å². The van der Waals surface area contributed by atoms with Crippen molar-refractivity contribution in [2.24, 2.45) is 0 Å². The van der Waals surface area contributed by atoms with Gasteiger partial charge in [-0.1, -0.05) is 31.2 Å². The van der Waals surface area contributed by atoms with Gasteiger partial charge in [0.15, 0.2) is 0 Å². The van der Waals surface area contributed by atoms with Crippen LogP contribution in [0.25, 0.3) is 11.0 Å². The molecule has 1 N–H and O–H groups in total. The Morgan fingerprint density at radius 3 is 2.64 bits per heavy atom. The van der Waals surface area contributed by atoms with Gasteiger partial charge in [0.1, 0.15) is 0 Å². The third-order valence-electron chi connectivity index (χ3n) is 3.61. The summed E-state index contributed by atoms with van der Waals surface area (Å²) in [4.78, 5) is 4.68. The summed E-state index contributed by atoms with van der Waals surface area (Å²) in [6, 6.07) is 18.0. The Hall–Kier alpha value is -2.80. The number of aromatic nitrogens is 2. The van der Waals surface area contributed by atoms with Gasteiger partial charge >= 0.3 is 0 Å². The molecular formula is C18H18N4. The topological polar surface area (TPSA) is 53.6 Å². The Kier molecular flexibility index (Phi) is 4.06. The summed E-state index contributed by atoms with van der Waals surface area (Å²) in [6.45, 7) is 3.77. The molecule has 0 bridgehead atoms. The molecule has 1 aromatic heterocycles. The number of hydrogen-bond donors (Lipinski definition) is 1. The normalized spacial score (nSPS) is 10.5. The molecule has 0 saturated heterocycles. The van der Waals surface area contributed by atoms with Crippen LogP contribution in [0.5, 0.6) is 0 Å². The van der Waals surface area contributed by atoms with Crippen molar-refractivity contribution in [1.82, 2.24) is 9.55 Å². The summed E-state index contributed by atoms with van der Waals surface area (Å²) >= 11 is 0. The third kappa shape index (κ3) is 2.79. The lowest BCUT2D eigenvalue weighted by Gasteiger charge is -2.10. The monoisotopic (exact) mass is 290 g/mol. The quantitative estimate of drug-likeness (QED) is 0.778. The maximum Gasteiger partial charge on any atom is 0.204 e. The number of nitriles is 1. The average Bonchev–Trinajstić information content (AvgIpc) is 2.91. The number of fused-ring (bicyclic) bond motifs is 1. The smallest absolute Gasteiger partial charge is 0.204 e. The Bertz CT molecular complexity index is 809. The molecule has 0 atom stereocenters. The van der Waals surface area contributed by atoms with Crippen molar-refractivity contribution < 1.29 is 0 Å². The highest BCUT2D eigenvalue weighted by atomic mass is 15.2. The number of nitrogens with zero attached hydrogens (tertiary/aromatic N) is 3. The van der Waals surface area contributed by atoms with Crippen molar-refractivity contribution in [1.29, 1.82) is 5.26 Å². The van der Waals surface area contributed by atoms with Crippen LogP contribution in [0.1, 0.15) is 24.5 Å². The van der Waals surface area contributed by atoms with Crippen LogP contribution in [0, 0.1) is 11.3 Å². The van der Waals surface area contributed by atoms with E-state index < -0.39 is 0 Å². The van der Waals surface area contributed by atoms with Crippen LogP contribution in [-0.2, 0) is 6.54 Å². The van der Waals surface area contributed by atoms with Crippen molar-refractivity contribution in [3.63, 3.8) is 0 Å². The third-order valence-corrected chi connectivity index (χ3v) is 3.61. The van der Waals surface area contributed by atoms with Gasteiger partial charge in [-0.05, 0) is 36.2 Å². The molecule has 1 heterocycles. The first-order chi connectivity index (χ1) is 10.8. The lowest BCUT2D eigenvalue weighted by Crippen LogP contribution is -2.09. The van der Waals surface area contributed by atoms with Crippen molar-refractivity contribution >= 4 is 17.0 Å². The first-order valence-corrected chi connectivity index (χ1v) is 7.50. The van der Waals surface area contributed by atoms with Gasteiger partial charge in [-0.2, -0.15) is 5.26 Å². The van der Waals surface area contributed by atoms with Crippen molar-refractivity contribution in [2.75, 3.05) is 11.9 Å². The van der Waals surface area contributed by atoms with Gasteiger partial charge in [-0.3, -0.25) is 0 Å². The molecule has 0 saturated carbocycles. The van der Waals surface area contributed by atoms with E-state index in [1.54, 1.807) is 0 Å². The van der Waals surface area contributed by atoms with Crippen molar-refractivity contribution in [3.05, 3.63) is 59.7 Å². The van der Waals surface area contributed by atoms with Crippen LogP contribution in [0.4, 0.5) is 5.95 Å². The van der Waals surface area contributed by atoms with E-state index in [1.807, 2.05) is 42.5 Å². The van der Waals surface area contributed by atoms with Gasteiger partial charge < -0.3 is 9.88 Å². The summed E-state index contributed by atoms with van der Waals surface area (Å²) in [6.07, 6.45) is 1.06. The van der Waals surface area contributed by atoms with Gasteiger partial charge in [-0.15, -0.1) is 0 Å². The number of rotatable bonds is 5. The predicted octanol–water partition coefficient (Wildman–Crippen LogP) is 3.78. The number of para-hydroxylation sites is 2. The standard InChI is InChI=1S/C18H18N4/c1-2-11-20-18-21-16-5-3-4-6-17(16)22(18)13-15-9-7-14(12-19)8-10-15/h3-10H,2,11,13H2,1H3,(H,20,21). The number of benzene rings is 2. The van der Waals surface area contributed by atoms with Gasteiger partial charge in [-0.25, -0.2) is 4.98 Å². The molecule has 3 aromatic rings. The molecule has 0 spiro atoms. The lowest BCUT2D eigenvalue weighted by atomic mass is 10.1. The second-order valence-electron chi connectivity index (χ2n) is 5.25. The summed E-state index contributed by atoms with van der Waals surface area (Å²) in [7, 11) is 0. The highest BCUT2D eigenvalue weighted by Crippen LogP contribution is 2.21. The molecule has 22 heavy (non-hydrogen) atoms. The Balaban J connectivity index is 1.98. The minimum Gasteiger partial charge on any atom is -0.356 e. The second-order valence-corrected chi connectivity index (χ2v) is 5.25. The van der Waals surface area contributed by atoms with Crippen LogP contribution in [0.15, 0.2) is 48.5 Å². The minimum atomic E-state index is 0.684. The van der Waals surface area contributed by atoms with Gasteiger partial charge in [0.2, 0.25) is 5.95 Å². The van der Waals surface area contributed by atoms with Crippen LogP contribution >= 0.6 is 0 Å². The van der Waals surface area contributed by atoms with Gasteiger partial charge in [0.05, 0.1) is 29.2 Å². The fraction of sp³-hybridized carbons (Fsp3) is 0.222. The van der Waals surface area contributed by atoms with Gasteiger partial charge in [0.25, 0.3) is 0 Å². The van der Waals surface area contributed by atoms with Crippen LogP contribution < -0.4 is 5.32 Å². The second kappa shape index (κ2) is 6.31. The van der Waals surface area contributed by atoms with Gasteiger partial charge in [0, 0.05) is 6.54 Å². The Morgan fingerprint density at radius 1 is 1.14 bits per heavy atom. The van der Waals surface area contributed by atoms with Crippen molar-refractivity contribution in [3.8, 4) is 6.07 Å². The van der Waals surface area contributed by atoms with E-state index in [0.717, 1.165) is 42.1 Å². The molecule has 0 unspecified atom stereocenters. The summed E-state index contributed by atoms with van der Waals surface area (Å²) in [5.74, 6) is 0.896. The summed E-state index contributed by atoms with van der Waals surface area (Å²) in [5, 5.41) is 12.3. The number of nitrogens with one attached hydrogen (secondary N) is 1. The zero-order chi connectivity index (χ0) is 15.4. The molecule has 0 fully saturated rings. The molecule has 0 aliphatic carbocycles. The molecule has 0 radical (unpaired) electrons. The molecule has 110 valence electrons. The zero-order valence-corrected chi connectivity index (χ0v) is 12.6. The highest BCUT2D eigenvalue weighted by Gasteiger charge is 2.10. The number of anilines is 1.